The summed E-state index contributed by atoms with van der Waals surface area (Å²) in [5, 5.41) is 5.70. The number of hydrogen-bond acceptors (Lipinski definition) is 6. The summed E-state index contributed by atoms with van der Waals surface area (Å²) in [5.41, 5.74) is 2.78. The molecule has 4 aromatic carbocycles. The van der Waals surface area contributed by atoms with Crippen molar-refractivity contribution in [3.8, 4) is 11.5 Å². The van der Waals surface area contributed by atoms with E-state index in [1.807, 2.05) is 37.4 Å². The maximum absolute atomic E-state index is 10.3. The largest absolute Gasteiger partial charge is 0.497 e. The van der Waals surface area contributed by atoms with Crippen LogP contribution in [0.5, 0.6) is 11.5 Å². The van der Waals surface area contributed by atoms with Gasteiger partial charge in [-0.15, -0.1) is 0 Å². The minimum Gasteiger partial charge on any atom is -0.497 e. The number of benzene rings is 4. The Morgan fingerprint density at radius 2 is 1.47 bits per heavy atom. The first-order valence-electron chi connectivity index (χ1n) is 10.0. The Hall–Kier alpha value is -3.64. The Morgan fingerprint density at radius 1 is 0.781 bits per heavy atom. The van der Waals surface area contributed by atoms with E-state index in [-0.39, 0.29) is 0 Å². The van der Waals surface area contributed by atoms with E-state index in [0.717, 1.165) is 23.4 Å². The molecular formula is C26H26N2O3S. The highest BCUT2D eigenvalue weighted by Crippen LogP contribution is 2.33. The van der Waals surface area contributed by atoms with Crippen LogP contribution in [0.25, 0.3) is 10.8 Å². The molecule has 0 unspecified atom stereocenters. The van der Waals surface area contributed by atoms with E-state index in [9.17, 15) is 4.79 Å². The molecule has 2 N–H and O–H groups in total. The maximum atomic E-state index is 10.3. The molecule has 0 atom stereocenters. The second-order valence-corrected chi connectivity index (χ2v) is 7.55. The summed E-state index contributed by atoms with van der Waals surface area (Å²) in [5.74, 6) is 1.48. The van der Waals surface area contributed by atoms with E-state index in [2.05, 4.69) is 46.4 Å². The zero-order valence-electron chi connectivity index (χ0n) is 18.3. The zero-order chi connectivity index (χ0) is 22.8. The number of aldehydes is 1. The molecule has 0 saturated carbocycles. The average molecular weight is 447 g/mol. The van der Waals surface area contributed by atoms with Gasteiger partial charge in [-0.2, -0.15) is 0 Å². The Morgan fingerprint density at radius 3 is 2.09 bits per heavy atom. The lowest BCUT2D eigenvalue weighted by Crippen LogP contribution is -1.92. The minimum absolute atomic E-state index is 0.588. The minimum atomic E-state index is 0.588. The van der Waals surface area contributed by atoms with Crippen LogP contribution in [0.1, 0.15) is 10.4 Å². The molecule has 0 aliphatic rings. The molecule has 0 spiro atoms. The quantitative estimate of drug-likeness (QED) is 0.249. The molecule has 0 aliphatic heterocycles. The monoisotopic (exact) mass is 446 g/mol. The molecule has 0 fully saturated rings. The summed E-state index contributed by atoms with van der Waals surface area (Å²) >= 11 is 1.62. The SMILES string of the molecule is CNc1ccc(SNc2ccc(OC)cc2)c2ccccc12.COc1ccccc1C=O. The van der Waals surface area contributed by atoms with E-state index in [4.69, 9.17) is 9.47 Å². The summed E-state index contributed by atoms with van der Waals surface area (Å²) in [6, 6.07) is 27.7. The van der Waals surface area contributed by atoms with Gasteiger partial charge in [0.1, 0.15) is 11.5 Å². The van der Waals surface area contributed by atoms with E-state index >= 15 is 0 Å². The smallest absolute Gasteiger partial charge is 0.153 e. The first-order valence-corrected chi connectivity index (χ1v) is 10.9. The third-order valence-corrected chi connectivity index (χ3v) is 5.70. The molecule has 6 heteroatoms. The number of anilines is 2. The molecule has 0 bridgehead atoms. The Kier molecular flexibility index (Phi) is 8.40. The second-order valence-electron chi connectivity index (χ2n) is 6.70. The summed E-state index contributed by atoms with van der Waals surface area (Å²) in [6.45, 7) is 0. The van der Waals surface area contributed by atoms with Crippen molar-refractivity contribution in [2.24, 2.45) is 0 Å². The van der Waals surface area contributed by atoms with Crippen LogP contribution in [-0.2, 0) is 0 Å². The fourth-order valence-corrected chi connectivity index (χ4v) is 3.90. The van der Waals surface area contributed by atoms with Crippen LogP contribution in [0.2, 0.25) is 0 Å². The molecular weight excluding hydrogens is 420 g/mol. The van der Waals surface area contributed by atoms with Gasteiger partial charge in [0.25, 0.3) is 0 Å². The van der Waals surface area contributed by atoms with Gasteiger partial charge in [0.15, 0.2) is 6.29 Å². The van der Waals surface area contributed by atoms with E-state index in [1.54, 1.807) is 44.4 Å². The molecule has 0 aromatic heterocycles. The van der Waals surface area contributed by atoms with E-state index in [0.29, 0.717) is 11.3 Å². The third-order valence-electron chi connectivity index (χ3n) is 4.79. The van der Waals surface area contributed by atoms with Crippen LogP contribution in [0, 0.1) is 0 Å². The van der Waals surface area contributed by atoms with Gasteiger partial charge < -0.3 is 19.5 Å². The Labute approximate surface area is 192 Å². The van der Waals surface area contributed by atoms with Crippen molar-refractivity contribution in [1.82, 2.24) is 0 Å². The lowest BCUT2D eigenvalue weighted by atomic mass is 10.1. The van der Waals surface area contributed by atoms with Gasteiger partial charge in [-0.3, -0.25) is 4.79 Å². The van der Waals surface area contributed by atoms with Crippen molar-refractivity contribution in [3.05, 3.63) is 90.5 Å². The van der Waals surface area contributed by atoms with Gasteiger partial charge in [-0.25, -0.2) is 0 Å². The number of carbonyl (C=O) groups excluding carboxylic acids is 1. The summed E-state index contributed by atoms with van der Waals surface area (Å²) in [7, 11) is 5.17. The molecule has 0 aliphatic carbocycles. The highest BCUT2D eigenvalue weighted by Gasteiger charge is 2.05. The first-order chi connectivity index (χ1) is 15.7. The molecule has 0 radical (unpaired) electrons. The van der Waals surface area contributed by atoms with Crippen molar-refractivity contribution in [1.29, 1.82) is 0 Å². The average Bonchev–Trinajstić information content (AvgIpc) is 2.87. The highest BCUT2D eigenvalue weighted by atomic mass is 32.2. The van der Waals surface area contributed by atoms with Gasteiger partial charge in [0.2, 0.25) is 0 Å². The van der Waals surface area contributed by atoms with Crippen molar-refractivity contribution < 1.29 is 14.3 Å². The van der Waals surface area contributed by atoms with Gasteiger partial charge >= 0.3 is 0 Å². The number of para-hydroxylation sites is 1. The molecule has 0 heterocycles. The predicted molar refractivity (Wildman–Crippen MR) is 134 cm³/mol. The van der Waals surface area contributed by atoms with Crippen LogP contribution in [0.3, 0.4) is 0 Å². The molecule has 0 amide bonds. The standard InChI is InChI=1S/C18H18N2OS.C8H8O2/c1-19-17-11-12-18(16-6-4-3-5-15(16)17)22-20-13-7-9-14(21-2)10-8-13;1-10-8-5-3-2-4-7(8)6-9/h3-12,19-20H,1-2H3;2-6H,1H3. The van der Waals surface area contributed by atoms with Gasteiger partial charge in [0.05, 0.1) is 19.8 Å². The maximum Gasteiger partial charge on any atom is 0.153 e. The number of nitrogens with one attached hydrogen (secondary N) is 2. The summed E-state index contributed by atoms with van der Waals surface area (Å²) in [4.78, 5) is 11.5. The fraction of sp³-hybridized carbons (Fsp3) is 0.115. The molecule has 4 rings (SSSR count). The third kappa shape index (κ3) is 5.74. The predicted octanol–water partition coefficient (Wildman–Crippen LogP) is 6.52. The van der Waals surface area contributed by atoms with Gasteiger partial charge in [-0.05, 0) is 65.9 Å². The lowest BCUT2D eigenvalue weighted by molar-refractivity contribution is 0.112. The van der Waals surface area contributed by atoms with Crippen LogP contribution < -0.4 is 19.5 Å². The Bertz CT molecular complexity index is 1160. The highest BCUT2D eigenvalue weighted by molar-refractivity contribution is 8.00. The fourth-order valence-electron chi connectivity index (χ4n) is 3.12. The molecule has 5 nitrogen and oxygen atoms in total. The number of fused-ring (bicyclic) bond motifs is 1. The zero-order valence-corrected chi connectivity index (χ0v) is 19.1. The number of rotatable bonds is 7. The van der Waals surface area contributed by atoms with Gasteiger partial charge in [-0.1, -0.05) is 36.4 Å². The van der Waals surface area contributed by atoms with Crippen molar-refractivity contribution in [2.45, 2.75) is 4.90 Å². The van der Waals surface area contributed by atoms with Crippen molar-refractivity contribution >= 4 is 40.4 Å². The van der Waals surface area contributed by atoms with Crippen molar-refractivity contribution in [3.63, 3.8) is 0 Å². The Balaban J connectivity index is 0.000000243. The van der Waals surface area contributed by atoms with Crippen LogP contribution in [0.4, 0.5) is 11.4 Å². The number of methoxy groups -OCH3 is 2. The summed E-state index contributed by atoms with van der Waals surface area (Å²) in [6.07, 6.45) is 0.777. The number of carbonyl (C=O) groups is 1. The number of hydrogen-bond donors (Lipinski definition) is 2. The number of ether oxygens (including phenoxy) is 2. The van der Waals surface area contributed by atoms with Crippen LogP contribution in [-0.4, -0.2) is 27.6 Å². The summed E-state index contributed by atoms with van der Waals surface area (Å²) < 4.78 is 13.5. The van der Waals surface area contributed by atoms with Gasteiger partial charge in [0, 0.05) is 28.7 Å². The lowest BCUT2D eigenvalue weighted by Gasteiger charge is -2.11. The van der Waals surface area contributed by atoms with Crippen LogP contribution in [0.15, 0.2) is 89.8 Å². The topological polar surface area (TPSA) is 59.6 Å². The molecule has 32 heavy (non-hydrogen) atoms. The first kappa shape index (κ1) is 23.0. The molecule has 0 saturated heterocycles. The van der Waals surface area contributed by atoms with Crippen LogP contribution >= 0.6 is 11.9 Å². The molecule has 164 valence electrons. The van der Waals surface area contributed by atoms with E-state index in [1.165, 1.54) is 15.7 Å². The molecule has 4 aromatic rings. The van der Waals surface area contributed by atoms with Crippen molar-refractivity contribution in [2.75, 3.05) is 31.3 Å². The second kappa shape index (κ2) is 11.7. The van der Waals surface area contributed by atoms with E-state index < -0.39 is 0 Å². The normalized spacial score (nSPS) is 9.97.